The molecule has 0 saturated heterocycles. The molecule has 0 heterocycles. The van der Waals surface area contributed by atoms with Crippen molar-refractivity contribution in [1.29, 1.82) is 0 Å². The molecule has 1 N–H and O–H groups in total. The maximum atomic E-state index is 10.4. The Hall–Kier alpha value is -0.820. The van der Waals surface area contributed by atoms with Crippen LogP contribution >= 0.6 is 0 Å². The monoisotopic (exact) mass is 232 g/mol. The van der Waals surface area contributed by atoms with Crippen LogP contribution in [0.3, 0.4) is 0 Å². The van der Waals surface area contributed by atoms with Crippen molar-refractivity contribution in [3.05, 3.63) is 34.4 Å². The second kappa shape index (κ2) is 5.22. The van der Waals surface area contributed by atoms with Gasteiger partial charge in [0.05, 0.1) is 6.10 Å². The lowest BCUT2D eigenvalue weighted by atomic mass is 9.91. The van der Waals surface area contributed by atoms with Gasteiger partial charge in [0.2, 0.25) is 0 Å². The van der Waals surface area contributed by atoms with Crippen LogP contribution in [-0.2, 0) is 0 Å². The molecule has 1 fully saturated rings. The summed E-state index contributed by atoms with van der Waals surface area (Å²) in [5.74, 6) is 0.742. The lowest BCUT2D eigenvalue weighted by molar-refractivity contribution is 0.144. The zero-order chi connectivity index (χ0) is 12.4. The van der Waals surface area contributed by atoms with E-state index in [1.54, 1.807) is 0 Å². The Morgan fingerprint density at radius 2 is 1.65 bits per heavy atom. The second-order valence-corrected chi connectivity index (χ2v) is 5.70. The summed E-state index contributed by atoms with van der Waals surface area (Å²) in [6, 6.07) is 4.37. The predicted molar refractivity (Wildman–Crippen MR) is 72.2 cm³/mol. The van der Waals surface area contributed by atoms with Crippen LogP contribution < -0.4 is 0 Å². The van der Waals surface area contributed by atoms with E-state index in [1.807, 2.05) is 0 Å². The van der Waals surface area contributed by atoms with Crippen molar-refractivity contribution in [2.75, 3.05) is 0 Å². The molecule has 0 amide bonds. The molecule has 1 aliphatic carbocycles. The van der Waals surface area contributed by atoms with Gasteiger partial charge in [0, 0.05) is 0 Å². The average Bonchev–Trinajstić information content (AvgIpc) is 2.76. The van der Waals surface area contributed by atoms with Gasteiger partial charge in [0.15, 0.2) is 0 Å². The molecule has 0 bridgehead atoms. The molecule has 0 aromatic heterocycles. The van der Waals surface area contributed by atoms with Crippen molar-refractivity contribution >= 4 is 0 Å². The van der Waals surface area contributed by atoms with Crippen LogP contribution in [0.1, 0.15) is 60.5 Å². The minimum absolute atomic E-state index is 0.266. The van der Waals surface area contributed by atoms with Crippen molar-refractivity contribution in [3.63, 3.8) is 0 Å². The van der Waals surface area contributed by atoms with Gasteiger partial charge in [-0.3, -0.25) is 0 Å². The van der Waals surface area contributed by atoms with E-state index in [-0.39, 0.29) is 6.10 Å². The van der Waals surface area contributed by atoms with Gasteiger partial charge in [-0.25, -0.2) is 0 Å². The Morgan fingerprint density at radius 3 is 2.29 bits per heavy atom. The highest BCUT2D eigenvalue weighted by Gasteiger charge is 2.20. The van der Waals surface area contributed by atoms with Crippen LogP contribution in [0.2, 0.25) is 0 Å². The van der Waals surface area contributed by atoms with Gasteiger partial charge in [0.25, 0.3) is 0 Å². The number of hydrogen-bond donors (Lipinski definition) is 1. The third-order valence-corrected chi connectivity index (χ3v) is 4.27. The van der Waals surface area contributed by atoms with E-state index in [0.29, 0.717) is 0 Å². The lowest BCUT2D eigenvalue weighted by Gasteiger charge is -2.19. The van der Waals surface area contributed by atoms with E-state index in [9.17, 15) is 5.11 Å². The highest BCUT2D eigenvalue weighted by atomic mass is 16.3. The molecule has 17 heavy (non-hydrogen) atoms. The largest absolute Gasteiger partial charge is 0.388 e. The third-order valence-electron chi connectivity index (χ3n) is 4.27. The minimum atomic E-state index is -0.266. The van der Waals surface area contributed by atoms with Crippen molar-refractivity contribution in [2.24, 2.45) is 5.92 Å². The van der Waals surface area contributed by atoms with Crippen LogP contribution in [0.15, 0.2) is 12.1 Å². The van der Waals surface area contributed by atoms with Crippen LogP contribution in [-0.4, -0.2) is 5.11 Å². The first-order chi connectivity index (χ1) is 8.08. The summed E-state index contributed by atoms with van der Waals surface area (Å²) in [4.78, 5) is 0. The first-order valence-electron chi connectivity index (χ1n) is 6.83. The van der Waals surface area contributed by atoms with Gasteiger partial charge < -0.3 is 5.11 Å². The molecule has 1 aromatic carbocycles. The summed E-state index contributed by atoms with van der Waals surface area (Å²) in [6.45, 7) is 6.37. The maximum Gasteiger partial charge on any atom is 0.0795 e. The predicted octanol–water partition coefficient (Wildman–Crippen LogP) is 4.23. The molecule has 1 aromatic rings. The molecule has 1 atom stereocenters. The smallest absolute Gasteiger partial charge is 0.0795 e. The van der Waals surface area contributed by atoms with Crippen LogP contribution in [0.4, 0.5) is 0 Å². The van der Waals surface area contributed by atoms with Gasteiger partial charge in [-0.1, -0.05) is 37.8 Å². The summed E-state index contributed by atoms with van der Waals surface area (Å²) < 4.78 is 0. The van der Waals surface area contributed by atoms with Crippen LogP contribution in [0, 0.1) is 26.7 Å². The van der Waals surface area contributed by atoms with Gasteiger partial charge >= 0.3 is 0 Å². The first kappa shape index (κ1) is 12.6. The molecule has 94 valence electrons. The molecule has 1 nitrogen and oxygen atoms in total. The zero-order valence-electron chi connectivity index (χ0n) is 11.3. The summed E-state index contributed by atoms with van der Waals surface area (Å²) in [5.41, 5.74) is 4.98. The zero-order valence-corrected chi connectivity index (χ0v) is 11.3. The SMILES string of the molecule is Cc1cc(C)c(C(O)CC2CCCC2)cc1C. The van der Waals surface area contributed by atoms with E-state index < -0.39 is 0 Å². The molecule has 0 spiro atoms. The van der Waals surface area contributed by atoms with E-state index in [0.717, 1.165) is 17.9 Å². The van der Waals surface area contributed by atoms with Crippen LogP contribution in [0.25, 0.3) is 0 Å². The van der Waals surface area contributed by atoms with Gasteiger partial charge in [-0.15, -0.1) is 0 Å². The molecule has 1 unspecified atom stereocenters. The Bertz CT molecular complexity index is 389. The van der Waals surface area contributed by atoms with E-state index in [1.165, 1.54) is 42.4 Å². The summed E-state index contributed by atoms with van der Waals surface area (Å²) in [5, 5.41) is 10.4. The Labute approximate surface area is 105 Å². The van der Waals surface area contributed by atoms with Crippen molar-refractivity contribution in [1.82, 2.24) is 0 Å². The molecular formula is C16H24O. The normalized spacial score (nSPS) is 18.6. The maximum absolute atomic E-state index is 10.4. The standard InChI is InChI=1S/C16H24O/c1-11-8-13(3)15(9-12(11)2)16(17)10-14-6-4-5-7-14/h8-9,14,16-17H,4-7,10H2,1-3H3. The third kappa shape index (κ3) is 2.90. The number of benzene rings is 1. The molecule has 1 aliphatic rings. The molecule has 2 rings (SSSR count). The lowest BCUT2D eigenvalue weighted by Crippen LogP contribution is -2.06. The second-order valence-electron chi connectivity index (χ2n) is 5.70. The minimum Gasteiger partial charge on any atom is -0.388 e. The van der Waals surface area contributed by atoms with Gasteiger partial charge in [0.1, 0.15) is 0 Å². The molecule has 0 aliphatic heterocycles. The van der Waals surface area contributed by atoms with Crippen LogP contribution in [0.5, 0.6) is 0 Å². The summed E-state index contributed by atoms with van der Waals surface area (Å²) in [7, 11) is 0. The fraction of sp³-hybridized carbons (Fsp3) is 0.625. The van der Waals surface area contributed by atoms with Crippen molar-refractivity contribution in [3.8, 4) is 0 Å². The van der Waals surface area contributed by atoms with Crippen molar-refractivity contribution in [2.45, 2.75) is 59.0 Å². The highest BCUT2D eigenvalue weighted by molar-refractivity contribution is 5.37. The number of rotatable bonds is 3. The topological polar surface area (TPSA) is 20.2 Å². The number of hydrogen-bond acceptors (Lipinski definition) is 1. The molecule has 1 saturated carbocycles. The quantitative estimate of drug-likeness (QED) is 0.827. The number of aliphatic hydroxyl groups is 1. The van der Waals surface area contributed by atoms with Gasteiger partial charge in [-0.05, 0) is 55.4 Å². The van der Waals surface area contributed by atoms with Gasteiger partial charge in [-0.2, -0.15) is 0 Å². The fourth-order valence-electron chi connectivity index (χ4n) is 3.03. The highest BCUT2D eigenvalue weighted by Crippen LogP contribution is 2.34. The first-order valence-corrected chi connectivity index (χ1v) is 6.83. The molecule has 0 radical (unpaired) electrons. The van der Waals surface area contributed by atoms with E-state index in [4.69, 9.17) is 0 Å². The van der Waals surface area contributed by atoms with E-state index >= 15 is 0 Å². The number of aliphatic hydroxyl groups excluding tert-OH is 1. The molecule has 1 heteroatoms. The van der Waals surface area contributed by atoms with E-state index in [2.05, 4.69) is 32.9 Å². The summed E-state index contributed by atoms with van der Waals surface area (Å²) in [6.07, 6.45) is 6.00. The fourth-order valence-corrected chi connectivity index (χ4v) is 3.03. The van der Waals surface area contributed by atoms with Crippen molar-refractivity contribution < 1.29 is 5.11 Å². The average molecular weight is 232 g/mol. The summed E-state index contributed by atoms with van der Waals surface area (Å²) >= 11 is 0. The Kier molecular flexibility index (Phi) is 3.88. The number of aryl methyl sites for hydroxylation is 3. The molecular weight excluding hydrogens is 208 g/mol. The Balaban J connectivity index is 2.12. The Morgan fingerprint density at radius 1 is 1.06 bits per heavy atom.